The van der Waals surface area contributed by atoms with Gasteiger partial charge in [0.15, 0.2) is 0 Å². The molecule has 8 heteroatoms. The number of amides is 2. The van der Waals surface area contributed by atoms with Gasteiger partial charge in [-0.1, -0.05) is 12.1 Å². The Hall–Kier alpha value is -2.61. The summed E-state index contributed by atoms with van der Waals surface area (Å²) in [5, 5.41) is 7.16. The van der Waals surface area contributed by atoms with Crippen molar-refractivity contribution in [2.24, 2.45) is 0 Å². The van der Waals surface area contributed by atoms with Crippen molar-refractivity contribution in [3.8, 4) is 5.75 Å². The Balaban J connectivity index is 1.20. The lowest BCUT2D eigenvalue weighted by Gasteiger charge is -2.34. The predicted octanol–water partition coefficient (Wildman–Crippen LogP) is 1.13. The summed E-state index contributed by atoms with van der Waals surface area (Å²) < 4.78 is 7.56. The molecule has 0 unspecified atom stereocenters. The minimum Gasteiger partial charge on any atom is -0.490 e. The van der Waals surface area contributed by atoms with Gasteiger partial charge in [0.05, 0.1) is 6.54 Å². The molecule has 2 aromatic rings. The van der Waals surface area contributed by atoms with E-state index in [0.717, 1.165) is 57.0 Å². The number of carbonyl (C=O) groups is 1. The topological polar surface area (TPSA) is 75.5 Å². The number of urea groups is 1. The first kappa shape index (κ1) is 17.8. The zero-order chi connectivity index (χ0) is 18.6. The highest BCUT2D eigenvalue weighted by atomic mass is 16.5. The van der Waals surface area contributed by atoms with Crippen LogP contribution >= 0.6 is 0 Å². The molecule has 4 rings (SSSR count). The van der Waals surface area contributed by atoms with Crippen molar-refractivity contribution in [3.63, 3.8) is 0 Å². The van der Waals surface area contributed by atoms with E-state index in [1.54, 1.807) is 12.7 Å². The van der Waals surface area contributed by atoms with Crippen LogP contribution < -0.4 is 10.1 Å². The minimum atomic E-state index is 0.0102. The molecular formula is C19H26N6O2. The summed E-state index contributed by atoms with van der Waals surface area (Å²) in [5.41, 5.74) is 2.35. The molecular weight excluding hydrogens is 344 g/mol. The maximum atomic E-state index is 12.5. The minimum absolute atomic E-state index is 0.0102. The van der Waals surface area contributed by atoms with E-state index in [-0.39, 0.29) is 12.1 Å². The van der Waals surface area contributed by atoms with Crippen LogP contribution in [0.5, 0.6) is 5.75 Å². The van der Waals surface area contributed by atoms with Crippen molar-refractivity contribution >= 4 is 6.03 Å². The van der Waals surface area contributed by atoms with Crippen LogP contribution in [0, 0.1) is 0 Å². The molecule has 1 aromatic heterocycles. The Kier molecular flexibility index (Phi) is 5.24. The van der Waals surface area contributed by atoms with Gasteiger partial charge in [-0.05, 0) is 24.1 Å². The number of carbonyl (C=O) groups excluding carboxylic acids is 1. The molecule has 1 aromatic carbocycles. The van der Waals surface area contributed by atoms with Crippen molar-refractivity contribution in [2.45, 2.75) is 32.5 Å². The highest BCUT2D eigenvalue weighted by Crippen LogP contribution is 2.29. The Morgan fingerprint density at radius 3 is 2.89 bits per heavy atom. The van der Waals surface area contributed by atoms with Gasteiger partial charge in [-0.2, -0.15) is 5.10 Å². The van der Waals surface area contributed by atoms with Crippen LogP contribution in [0.3, 0.4) is 0 Å². The quantitative estimate of drug-likeness (QED) is 0.854. The van der Waals surface area contributed by atoms with Crippen molar-refractivity contribution < 1.29 is 9.53 Å². The molecule has 1 atom stereocenters. The standard InChI is InChI=1S/C19H26N6O2/c1-15-10-17-11-16(2-3-18(17)27-15)12-21-19(26)24-7-4-23(5-8-24)6-9-25-14-20-13-22-25/h2-3,11,13-15H,4-10,12H2,1H3,(H,21,26)/t15-/m1/s1. The fourth-order valence-electron chi connectivity index (χ4n) is 3.64. The van der Waals surface area contributed by atoms with Crippen LogP contribution in [0.25, 0.3) is 0 Å². The normalized spacial score (nSPS) is 19.6. The summed E-state index contributed by atoms with van der Waals surface area (Å²) in [4.78, 5) is 20.7. The summed E-state index contributed by atoms with van der Waals surface area (Å²) >= 11 is 0. The van der Waals surface area contributed by atoms with Crippen molar-refractivity contribution in [1.82, 2.24) is 29.9 Å². The smallest absolute Gasteiger partial charge is 0.317 e. The Bertz CT molecular complexity index is 771. The van der Waals surface area contributed by atoms with E-state index in [4.69, 9.17) is 4.74 Å². The van der Waals surface area contributed by atoms with Crippen molar-refractivity contribution in [3.05, 3.63) is 42.0 Å². The summed E-state index contributed by atoms with van der Waals surface area (Å²) in [7, 11) is 0. The molecule has 2 aliphatic rings. The molecule has 8 nitrogen and oxygen atoms in total. The maximum Gasteiger partial charge on any atom is 0.317 e. The predicted molar refractivity (Wildman–Crippen MR) is 101 cm³/mol. The van der Waals surface area contributed by atoms with Gasteiger partial charge in [0.1, 0.15) is 24.5 Å². The van der Waals surface area contributed by atoms with Crippen LogP contribution in [0.4, 0.5) is 4.79 Å². The van der Waals surface area contributed by atoms with Crippen LogP contribution in [0.2, 0.25) is 0 Å². The third-order valence-corrected chi connectivity index (χ3v) is 5.18. The lowest BCUT2D eigenvalue weighted by molar-refractivity contribution is 0.135. The molecule has 3 heterocycles. The van der Waals surface area contributed by atoms with Gasteiger partial charge in [0.25, 0.3) is 0 Å². The van der Waals surface area contributed by atoms with Gasteiger partial charge in [0.2, 0.25) is 0 Å². The first-order chi connectivity index (χ1) is 13.2. The second-order valence-electron chi connectivity index (χ2n) is 7.22. The maximum absolute atomic E-state index is 12.5. The average Bonchev–Trinajstić information content (AvgIpc) is 3.33. The molecule has 0 aliphatic carbocycles. The number of nitrogens with one attached hydrogen (secondary N) is 1. The molecule has 27 heavy (non-hydrogen) atoms. The third kappa shape index (κ3) is 4.39. The lowest BCUT2D eigenvalue weighted by Crippen LogP contribution is -2.52. The Morgan fingerprint density at radius 2 is 2.11 bits per heavy atom. The van der Waals surface area contributed by atoms with E-state index in [0.29, 0.717) is 6.54 Å². The molecule has 1 fully saturated rings. The van der Waals surface area contributed by atoms with E-state index in [9.17, 15) is 4.79 Å². The molecule has 0 bridgehead atoms. The summed E-state index contributed by atoms with van der Waals surface area (Å²) in [5.74, 6) is 0.972. The van der Waals surface area contributed by atoms with Crippen molar-refractivity contribution in [1.29, 1.82) is 0 Å². The van der Waals surface area contributed by atoms with Gasteiger partial charge >= 0.3 is 6.03 Å². The first-order valence-electron chi connectivity index (χ1n) is 9.53. The molecule has 2 amide bonds. The number of ether oxygens (including phenoxy) is 1. The van der Waals surface area contributed by atoms with E-state index in [1.807, 2.05) is 21.7 Å². The van der Waals surface area contributed by atoms with Crippen LogP contribution in [0.1, 0.15) is 18.1 Å². The number of piperazine rings is 1. The van der Waals surface area contributed by atoms with Gasteiger partial charge in [-0.3, -0.25) is 9.58 Å². The summed E-state index contributed by atoms with van der Waals surface area (Å²) in [6, 6.07) is 6.19. The second-order valence-corrected chi connectivity index (χ2v) is 7.22. The van der Waals surface area contributed by atoms with E-state index in [2.05, 4.69) is 33.3 Å². The average molecular weight is 370 g/mol. The number of rotatable bonds is 5. The van der Waals surface area contributed by atoms with E-state index in [1.165, 1.54) is 5.56 Å². The number of hydrogen-bond acceptors (Lipinski definition) is 5. The number of benzene rings is 1. The molecule has 2 aliphatic heterocycles. The van der Waals surface area contributed by atoms with Gasteiger partial charge in [0, 0.05) is 45.7 Å². The third-order valence-electron chi connectivity index (χ3n) is 5.18. The highest BCUT2D eigenvalue weighted by molar-refractivity contribution is 5.74. The Morgan fingerprint density at radius 1 is 1.26 bits per heavy atom. The van der Waals surface area contributed by atoms with Crippen LogP contribution in [0.15, 0.2) is 30.9 Å². The second kappa shape index (κ2) is 7.96. The van der Waals surface area contributed by atoms with Gasteiger partial charge in [-0.15, -0.1) is 0 Å². The number of hydrogen-bond donors (Lipinski definition) is 1. The molecule has 0 spiro atoms. The lowest BCUT2D eigenvalue weighted by atomic mass is 10.1. The van der Waals surface area contributed by atoms with Crippen molar-refractivity contribution in [2.75, 3.05) is 32.7 Å². The fourth-order valence-corrected chi connectivity index (χ4v) is 3.64. The molecule has 144 valence electrons. The number of fused-ring (bicyclic) bond motifs is 1. The van der Waals surface area contributed by atoms with E-state index >= 15 is 0 Å². The summed E-state index contributed by atoms with van der Waals surface area (Å²) in [6.07, 6.45) is 4.46. The van der Waals surface area contributed by atoms with Gasteiger partial charge < -0.3 is 15.0 Å². The zero-order valence-electron chi connectivity index (χ0n) is 15.7. The monoisotopic (exact) mass is 370 g/mol. The number of nitrogens with zero attached hydrogens (tertiary/aromatic N) is 5. The van der Waals surface area contributed by atoms with Crippen LogP contribution in [-0.2, 0) is 19.5 Å². The molecule has 0 radical (unpaired) electrons. The van der Waals surface area contributed by atoms with Gasteiger partial charge in [-0.25, -0.2) is 9.78 Å². The largest absolute Gasteiger partial charge is 0.490 e. The molecule has 1 saturated heterocycles. The Labute approximate surface area is 159 Å². The molecule has 0 saturated carbocycles. The fraction of sp³-hybridized carbons (Fsp3) is 0.526. The SMILES string of the molecule is C[C@@H]1Cc2cc(CNC(=O)N3CCN(CCn4cncn4)CC3)ccc2O1. The van der Waals surface area contributed by atoms with Crippen LogP contribution in [-0.4, -0.2) is 69.4 Å². The van der Waals surface area contributed by atoms with E-state index < -0.39 is 0 Å². The highest BCUT2D eigenvalue weighted by Gasteiger charge is 2.22. The number of aromatic nitrogens is 3. The zero-order valence-corrected chi connectivity index (χ0v) is 15.7. The first-order valence-corrected chi connectivity index (χ1v) is 9.53. The molecule has 1 N–H and O–H groups in total. The summed E-state index contributed by atoms with van der Waals surface area (Å²) in [6.45, 7) is 7.64.